The summed E-state index contributed by atoms with van der Waals surface area (Å²) < 4.78 is 6.43. The van der Waals surface area contributed by atoms with Crippen molar-refractivity contribution < 1.29 is 14.3 Å². The summed E-state index contributed by atoms with van der Waals surface area (Å²) in [5.74, 6) is -0.207. The number of rotatable bonds is 3. The number of nitrogens with one attached hydrogen (secondary N) is 1. The first-order valence-electron chi connectivity index (χ1n) is 7.85. The smallest absolute Gasteiger partial charge is 0.307 e. The Morgan fingerprint density at radius 3 is 2.81 bits per heavy atom. The minimum atomic E-state index is -0.465. The number of halogens is 1. The Hall–Kier alpha value is -3.12. The van der Waals surface area contributed by atoms with Gasteiger partial charge in [0.25, 0.3) is 0 Å². The lowest BCUT2D eigenvalue weighted by Gasteiger charge is -2.04. The van der Waals surface area contributed by atoms with Gasteiger partial charge in [0.2, 0.25) is 0 Å². The molecule has 0 aliphatic heterocycles. The third-order valence-electron chi connectivity index (χ3n) is 4.01. The van der Waals surface area contributed by atoms with Crippen LogP contribution in [0.1, 0.15) is 16.1 Å². The van der Waals surface area contributed by atoms with Gasteiger partial charge in [0.1, 0.15) is 11.3 Å². The molecule has 0 fully saturated rings. The number of phenolic OH excluding ortho intramolecular Hbond substituents is 1. The molecule has 6 heteroatoms. The van der Waals surface area contributed by atoms with Gasteiger partial charge in [0.15, 0.2) is 5.76 Å². The molecule has 0 aliphatic carbocycles. The first kappa shape index (κ1) is 16.4. The molecule has 128 valence electrons. The van der Waals surface area contributed by atoms with E-state index in [9.17, 15) is 9.90 Å². The van der Waals surface area contributed by atoms with Crippen LogP contribution in [0.2, 0.25) is 0 Å². The molecule has 5 nitrogen and oxygen atoms in total. The van der Waals surface area contributed by atoms with Gasteiger partial charge in [-0.15, -0.1) is 0 Å². The highest BCUT2D eigenvalue weighted by Gasteiger charge is 2.12. The van der Waals surface area contributed by atoms with E-state index in [1.165, 1.54) is 6.21 Å². The number of aromatic hydroxyl groups is 1. The van der Waals surface area contributed by atoms with Crippen molar-refractivity contribution >= 4 is 49.8 Å². The number of carbonyl (C=O) groups is 1. The number of amides is 1. The number of nitrogens with zero attached hydrogens (tertiary/aromatic N) is 1. The molecule has 0 saturated heterocycles. The monoisotopic (exact) mass is 408 g/mol. The molecule has 0 spiro atoms. The highest BCUT2D eigenvalue weighted by atomic mass is 79.9. The maximum absolute atomic E-state index is 12.2. The Morgan fingerprint density at radius 1 is 1.08 bits per heavy atom. The summed E-state index contributed by atoms with van der Waals surface area (Å²) >= 11 is 3.38. The minimum Gasteiger partial charge on any atom is -0.507 e. The Labute approximate surface area is 157 Å². The largest absolute Gasteiger partial charge is 0.507 e. The number of hydrogen-bond donors (Lipinski definition) is 2. The normalized spacial score (nSPS) is 11.4. The van der Waals surface area contributed by atoms with Gasteiger partial charge in [-0.3, -0.25) is 4.79 Å². The van der Waals surface area contributed by atoms with Gasteiger partial charge in [0.05, 0.1) is 6.21 Å². The number of hydrogen-bond acceptors (Lipinski definition) is 4. The number of hydrazone groups is 1. The third kappa shape index (κ3) is 3.07. The molecule has 26 heavy (non-hydrogen) atoms. The molecule has 0 aliphatic rings. The fourth-order valence-corrected chi connectivity index (χ4v) is 3.14. The average molecular weight is 409 g/mol. The van der Waals surface area contributed by atoms with Crippen LogP contribution in [0.5, 0.6) is 5.75 Å². The Morgan fingerprint density at radius 2 is 1.92 bits per heavy atom. The van der Waals surface area contributed by atoms with Crippen molar-refractivity contribution in [3.8, 4) is 5.75 Å². The van der Waals surface area contributed by atoms with Crippen molar-refractivity contribution in [3.05, 3.63) is 76.5 Å². The molecule has 1 amide bonds. The van der Waals surface area contributed by atoms with Crippen LogP contribution in [0.3, 0.4) is 0 Å². The zero-order valence-electron chi connectivity index (χ0n) is 13.4. The van der Waals surface area contributed by atoms with Gasteiger partial charge >= 0.3 is 5.91 Å². The van der Waals surface area contributed by atoms with Gasteiger partial charge in [-0.05, 0) is 41.1 Å². The van der Waals surface area contributed by atoms with E-state index in [0.29, 0.717) is 11.1 Å². The first-order valence-corrected chi connectivity index (χ1v) is 8.64. The van der Waals surface area contributed by atoms with Crippen molar-refractivity contribution in [1.29, 1.82) is 0 Å². The van der Waals surface area contributed by atoms with Crippen LogP contribution in [-0.2, 0) is 0 Å². The third-order valence-corrected chi connectivity index (χ3v) is 4.50. The summed E-state index contributed by atoms with van der Waals surface area (Å²) in [6.45, 7) is 0. The van der Waals surface area contributed by atoms with E-state index >= 15 is 0 Å². The zero-order chi connectivity index (χ0) is 18.1. The van der Waals surface area contributed by atoms with Crippen LogP contribution < -0.4 is 5.43 Å². The summed E-state index contributed by atoms with van der Waals surface area (Å²) in [4.78, 5) is 12.2. The van der Waals surface area contributed by atoms with E-state index in [0.717, 1.165) is 20.6 Å². The molecule has 4 aromatic rings. The lowest BCUT2D eigenvalue weighted by molar-refractivity contribution is 0.0929. The molecule has 1 aromatic heterocycles. The second-order valence-electron chi connectivity index (χ2n) is 5.71. The summed E-state index contributed by atoms with van der Waals surface area (Å²) in [5, 5.41) is 16.7. The topological polar surface area (TPSA) is 74.8 Å². The van der Waals surface area contributed by atoms with Crippen molar-refractivity contribution in [2.24, 2.45) is 5.10 Å². The zero-order valence-corrected chi connectivity index (χ0v) is 15.0. The number of furan rings is 1. The molecule has 0 saturated carbocycles. The Kier molecular flexibility index (Phi) is 4.18. The van der Waals surface area contributed by atoms with E-state index in [1.54, 1.807) is 18.2 Å². The van der Waals surface area contributed by atoms with Gasteiger partial charge in [-0.25, -0.2) is 5.43 Å². The van der Waals surface area contributed by atoms with E-state index in [-0.39, 0.29) is 11.5 Å². The molecular formula is C20H13BrN2O3. The van der Waals surface area contributed by atoms with Gasteiger partial charge in [-0.1, -0.05) is 46.3 Å². The molecule has 0 atom stereocenters. The number of fused-ring (bicyclic) bond motifs is 2. The molecule has 0 unspecified atom stereocenters. The van der Waals surface area contributed by atoms with Crippen LogP contribution in [0.25, 0.3) is 21.7 Å². The molecule has 2 N–H and O–H groups in total. The molecular weight excluding hydrogens is 396 g/mol. The minimum absolute atomic E-state index is 0.0929. The van der Waals surface area contributed by atoms with Crippen LogP contribution in [0.15, 0.2) is 74.7 Å². The van der Waals surface area contributed by atoms with Gasteiger partial charge in [-0.2, -0.15) is 5.10 Å². The van der Waals surface area contributed by atoms with Gasteiger partial charge in [0, 0.05) is 15.4 Å². The predicted octanol–water partition coefficient (Wildman–Crippen LogP) is 4.82. The molecule has 4 rings (SSSR count). The second kappa shape index (κ2) is 6.65. The molecule has 0 radical (unpaired) electrons. The lowest BCUT2D eigenvalue weighted by Crippen LogP contribution is -2.16. The number of benzene rings is 3. The second-order valence-corrected chi connectivity index (χ2v) is 6.63. The molecule has 3 aromatic carbocycles. The Bertz CT molecular complexity index is 1160. The van der Waals surface area contributed by atoms with Crippen molar-refractivity contribution in [2.75, 3.05) is 0 Å². The van der Waals surface area contributed by atoms with Crippen molar-refractivity contribution in [3.63, 3.8) is 0 Å². The van der Waals surface area contributed by atoms with Crippen LogP contribution in [0.4, 0.5) is 0 Å². The average Bonchev–Trinajstić information content (AvgIpc) is 3.06. The summed E-state index contributed by atoms with van der Waals surface area (Å²) in [7, 11) is 0. The first-order chi connectivity index (χ1) is 12.6. The maximum Gasteiger partial charge on any atom is 0.307 e. The van der Waals surface area contributed by atoms with E-state index in [4.69, 9.17) is 4.42 Å². The summed E-state index contributed by atoms with van der Waals surface area (Å²) in [5.41, 5.74) is 3.59. The van der Waals surface area contributed by atoms with Gasteiger partial charge < -0.3 is 9.52 Å². The quantitative estimate of drug-likeness (QED) is 0.377. The lowest BCUT2D eigenvalue weighted by atomic mass is 10.0. The van der Waals surface area contributed by atoms with Crippen molar-refractivity contribution in [1.82, 2.24) is 5.43 Å². The SMILES string of the molecule is O=C(NN=Cc1c(O)ccc2ccccc12)c1cc2cc(Br)ccc2o1. The summed E-state index contributed by atoms with van der Waals surface area (Å²) in [6, 6.07) is 18.2. The highest BCUT2D eigenvalue weighted by molar-refractivity contribution is 9.10. The van der Waals surface area contributed by atoms with Crippen LogP contribution in [-0.4, -0.2) is 17.2 Å². The van der Waals surface area contributed by atoms with E-state index < -0.39 is 5.91 Å². The van der Waals surface area contributed by atoms with E-state index in [1.807, 2.05) is 42.5 Å². The van der Waals surface area contributed by atoms with Crippen LogP contribution >= 0.6 is 15.9 Å². The number of carbonyl (C=O) groups excluding carboxylic acids is 1. The number of phenols is 1. The Balaban J connectivity index is 1.58. The molecule has 0 bridgehead atoms. The van der Waals surface area contributed by atoms with Crippen LogP contribution in [0, 0.1) is 0 Å². The van der Waals surface area contributed by atoms with E-state index in [2.05, 4.69) is 26.5 Å². The highest BCUT2D eigenvalue weighted by Crippen LogP contribution is 2.25. The fourth-order valence-electron chi connectivity index (χ4n) is 2.76. The standard InChI is InChI=1S/C20H13BrN2O3/c21-14-6-8-18-13(9-14)10-19(26-18)20(25)23-22-11-16-15-4-2-1-3-12(15)5-7-17(16)24/h1-11,24H,(H,23,25). The summed E-state index contributed by atoms with van der Waals surface area (Å²) in [6.07, 6.45) is 1.43. The predicted molar refractivity (Wildman–Crippen MR) is 105 cm³/mol. The molecule has 1 heterocycles. The maximum atomic E-state index is 12.2. The fraction of sp³-hybridized carbons (Fsp3) is 0. The van der Waals surface area contributed by atoms with Crippen molar-refractivity contribution in [2.45, 2.75) is 0 Å².